The van der Waals surface area contributed by atoms with Gasteiger partial charge in [-0.25, -0.2) is 4.79 Å². The average molecular weight is 339 g/mol. The third-order valence-corrected chi connectivity index (χ3v) is 3.50. The van der Waals surface area contributed by atoms with Gasteiger partial charge in [0.05, 0.1) is 5.69 Å². The zero-order chi connectivity index (χ0) is 14.7. The SMILES string of the molecule is CCn1ccn(CC(=O)Nc2ccc(N)cc2Br)c1=O. The topological polar surface area (TPSA) is 82.1 Å². The number of nitrogens with two attached hydrogens (primary N) is 1. The molecule has 0 aliphatic rings. The summed E-state index contributed by atoms with van der Waals surface area (Å²) >= 11 is 3.32. The minimum atomic E-state index is -0.272. The van der Waals surface area contributed by atoms with Gasteiger partial charge in [-0.15, -0.1) is 0 Å². The minimum absolute atomic E-state index is 0.0251. The van der Waals surface area contributed by atoms with Gasteiger partial charge in [0, 0.05) is 29.1 Å². The summed E-state index contributed by atoms with van der Waals surface area (Å²) < 4.78 is 3.60. The molecule has 0 aliphatic heterocycles. The molecule has 2 rings (SSSR count). The number of nitrogens with one attached hydrogen (secondary N) is 1. The molecule has 2 aromatic rings. The van der Waals surface area contributed by atoms with Crippen molar-refractivity contribution in [2.45, 2.75) is 20.0 Å². The number of anilines is 2. The van der Waals surface area contributed by atoms with Gasteiger partial charge in [0.15, 0.2) is 0 Å². The lowest BCUT2D eigenvalue weighted by atomic mass is 10.3. The lowest BCUT2D eigenvalue weighted by molar-refractivity contribution is -0.116. The zero-order valence-corrected chi connectivity index (χ0v) is 12.6. The van der Waals surface area contributed by atoms with Crippen LogP contribution in [0, 0.1) is 0 Å². The first kappa shape index (κ1) is 14.4. The van der Waals surface area contributed by atoms with Crippen molar-refractivity contribution in [2.24, 2.45) is 0 Å². The van der Waals surface area contributed by atoms with E-state index in [9.17, 15) is 9.59 Å². The van der Waals surface area contributed by atoms with Gasteiger partial charge >= 0.3 is 5.69 Å². The summed E-state index contributed by atoms with van der Waals surface area (Å²) in [6.07, 6.45) is 3.26. The maximum Gasteiger partial charge on any atom is 0.328 e. The van der Waals surface area contributed by atoms with Crippen LogP contribution in [0.1, 0.15) is 6.92 Å². The Hall–Kier alpha value is -2.02. The number of rotatable bonds is 4. The molecular weight excluding hydrogens is 324 g/mol. The van der Waals surface area contributed by atoms with Gasteiger partial charge in [-0.05, 0) is 41.1 Å². The van der Waals surface area contributed by atoms with E-state index in [0.717, 1.165) is 0 Å². The second-order valence-electron chi connectivity index (χ2n) is 4.28. The van der Waals surface area contributed by atoms with Crippen LogP contribution in [0.2, 0.25) is 0 Å². The smallest absolute Gasteiger partial charge is 0.328 e. The molecule has 0 saturated carbocycles. The van der Waals surface area contributed by atoms with E-state index in [1.165, 1.54) is 9.13 Å². The molecule has 1 heterocycles. The highest BCUT2D eigenvalue weighted by Crippen LogP contribution is 2.24. The van der Waals surface area contributed by atoms with Crippen LogP contribution < -0.4 is 16.7 Å². The van der Waals surface area contributed by atoms with E-state index in [-0.39, 0.29) is 18.1 Å². The van der Waals surface area contributed by atoms with Crippen molar-refractivity contribution in [1.29, 1.82) is 0 Å². The number of nitrogen functional groups attached to an aromatic ring is 1. The number of halogens is 1. The number of aromatic nitrogens is 2. The Morgan fingerprint density at radius 1 is 1.35 bits per heavy atom. The molecule has 0 bridgehead atoms. The molecule has 0 saturated heterocycles. The molecule has 6 nitrogen and oxygen atoms in total. The first-order valence-corrected chi connectivity index (χ1v) is 6.91. The van der Waals surface area contributed by atoms with Crippen molar-refractivity contribution in [3.8, 4) is 0 Å². The molecule has 1 aromatic heterocycles. The minimum Gasteiger partial charge on any atom is -0.399 e. The number of aryl methyl sites for hydroxylation is 1. The van der Waals surface area contributed by atoms with Crippen LogP contribution in [0.25, 0.3) is 0 Å². The molecule has 0 spiro atoms. The van der Waals surface area contributed by atoms with Crippen LogP contribution in [0.15, 0.2) is 39.9 Å². The Morgan fingerprint density at radius 2 is 2.05 bits per heavy atom. The van der Waals surface area contributed by atoms with Crippen LogP contribution in [-0.4, -0.2) is 15.0 Å². The van der Waals surface area contributed by atoms with Gasteiger partial charge in [0.2, 0.25) is 5.91 Å². The van der Waals surface area contributed by atoms with Crippen molar-refractivity contribution in [3.63, 3.8) is 0 Å². The Labute approximate surface area is 124 Å². The summed E-state index contributed by atoms with van der Waals surface area (Å²) in [5.74, 6) is -0.272. The van der Waals surface area contributed by atoms with E-state index < -0.39 is 0 Å². The number of benzene rings is 1. The lowest BCUT2D eigenvalue weighted by Crippen LogP contribution is -2.28. The normalized spacial score (nSPS) is 10.5. The predicted molar refractivity (Wildman–Crippen MR) is 81.6 cm³/mol. The lowest BCUT2D eigenvalue weighted by Gasteiger charge is -2.08. The third kappa shape index (κ3) is 3.11. The van der Waals surface area contributed by atoms with Gasteiger partial charge in [-0.2, -0.15) is 0 Å². The monoisotopic (exact) mass is 338 g/mol. The fraction of sp³-hybridized carbons (Fsp3) is 0.231. The highest BCUT2D eigenvalue weighted by molar-refractivity contribution is 9.10. The summed E-state index contributed by atoms with van der Waals surface area (Å²) in [4.78, 5) is 23.8. The third-order valence-electron chi connectivity index (χ3n) is 2.84. The van der Waals surface area contributed by atoms with E-state index in [1.807, 2.05) is 6.92 Å². The summed E-state index contributed by atoms with van der Waals surface area (Å²) in [6.45, 7) is 2.43. The fourth-order valence-electron chi connectivity index (χ4n) is 1.79. The number of imidazole rings is 1. The largest absolute Gasteiger partial charge is 0.399 e. The summed E-state index contributed by atoms with van der Waals surface area (Å²) in [7, 11) is 0. The number of hydrogen-bond acceptors (Lipinski definition) is 3. The van der Waals surface area contributed by atoms with Crippen molar-refractivity contribution in [3.05, 3.63) is 45.5 Å². The molecule has 1 amide bonds. The Bertz CT molecular complexity index is 690. The molecule has 3 N–H and O–H groups in total. The Balaban J connectivity index is 2.09. The molecule has 20 heavy (non-hydrogen) atoms. The quantitative estimate of drug-likeness (QED) is 0.831. The molecule has 0 fully saturated rings. The summed E-state index contributed by atoms with van der Waals surface area (Å²) in [6, 6.07) is 5.10. The molecule has 106 valence electrons. The van der Waals surface area contributed by atoms with Gasteiger partial charge < -0.3 is 11.1 Å². The molecule has 0 unspecified atom stereocenters. The maximum absolute atomic E-state index is 11.9. The van der Waals surface area contributed by atoms with Crippen LogP contribution >= 0.6 is 15.9 Å². The highest BCUT2D eigenvalue weighted by Gasteiger charge is 2.09. The first-order valence-electron chi connectivity index (χ1n) is 6.11. The van der Waals surface area contributed by atoms with E-state index in [2.05, 4.69) is 21.2 Å². The first-order chi connectivity index (χ1) is 9.51. The van der Waals surface area contributed by atoms with Gasteiger partial charge in [-0.1, -0.05) is 0 Å². The molecule has 0 radical (unpaired) electrons. The zero-order valence-electron chi connectivity index (χ0n) is 11.0. The Kier molecular flexibility index (Phi) is 4.29. The van der Waals surface area contributed by atoms with Crippen LogP contribution in [0.4, 0.5) is 11.4 Å². The van der Waals surface area contributed by atoms with Crippen molar-refractivity contribution in [2.75, 3.05) is 11.1 Å². The van der Waals surface area contributed by atoms with Gasteiger partial charge in [-0.3, -0.25) is 13.9 Å². The molecule has 7 heteroatoms. The Morgan fingerprint density at radius 3 is 2.65 bits per heavy atom. The van der Waals surface area contributed by atoms with Crippen molar-refractivity contribution in [1.82, 2.24) is 9.13 Å². The number of hydrogen-bond donors (Lipinski definition) is 2. The maximum atomic E-state index is 11.9. The standard InChI is InChI=1S/C13H15BrN4O2/c1-2-17-5-6-18(13(17)20)8-12(19)16-11-4-3-9(15)7-10(11)14/h3-7H,2,8,15H2,1H3,(H,16,19). The fourth-order valence-corrected chi connectivity index (χ4v) is 2.29. The number of carbonyl (C=O) groups is 1. The average Bonchev–Trinajstić information content (AvgIpc) is 2.74. The highest BCUT2D eigenvalue weighted by atomic mass is 79.9. The molecular formula is C13H15BrN4O2. The number of carbonyl (C=O) groups excluding carboxylic acids is 1. The number of nitrogens with zero attached hydrogens (tertiary/aromatic N) is 2. The van der Waals surface area contributed by atoms with Crippen LogP contribution in [0.5, 0.6) is 0 Å². The molecule has 1 aromatic carbocycles. The number of amides is 1. The van der Waals surface area contributed by atoms with Gasteiger partial charge in [0.25, 0.3) is 0 Å². The van der Waals surface area contributed by atoms with E-state index in [1.54, 1.807) is 30.6 Å². The summed E-state index contributed by atoms with van der Waals surface area (Å²) in [5.41, 5.74) is 6.65. The summed E-state index contributed by atoms with van der Waals surface area (Å²) in [5, 5.41) is 2.73. The van der Waals surface area contributed by atoms with Crippen LogP contribution in [-0.2, 0) is 17.9 Å². The van der Waals surface area contributed by atoms with Crippen molar-refractivity contribution < 1.29 is 4.79 Å². The van der Waals surface area contributed by atoms with Crippen molar-refractivity contribution >= 4 is 33.2 Å². The predicted octanol–water partition coefficient (Wildman–Crippen LogP) is 1.65. The van der Waals surface area contributed by atoms with E-state index in [0.29, 0.717) is 22.4 Å². The van der Waals surface area contributed by atoms with E-state index >= 15 is 0 Å². The second-order valence-corrected chi connectivity index (χ2v) is 5.14. The second kappa shape index (κ2) is 5.96. The molecule has 0 aliphatic carbocycles. The van der Waals surface area contributed by atoms with Crippen LogP contribution in [0.3, 0.4) is 0 Å². The van der Waals surface area contributed by atoms with E-state index in [4.69, 9.17) is 5.73 Å². The van der Waals surface area contributed by atoms with Gasteiger partial charge in [0.1, 0.15) is 6.54 Å². The molecule has 0 atom stereocenters.